The maximum atomic E-state index is 13.1. The summed E-state index contributed by atoms with van der Waals surface area (Å²) in [5, 5.41) is 8.75. The third kappa shape index (κ3) is 8.26. The minimum atomic E-state index is -0.910. The summed E-state index contributed by atoms with van der Waals surface area (Å²) in [6.07, 6.45) is 2.75. The van der Waals surface area contributed by atoms with E-state index in [4.69, 9.17) is 21.1 Å². The molecule has 34 heavy (non-hydrogen) atoms. The number of hydrogen-bond acceptors (Lipinski definition) is 5. The summed E-state index contributed by atoms with van der Waals surface area (Å²) in [6.45, 7) is 1.51. The molecule has 0 unspecified atom stereocenters. The Morgan fingerprint density at radius 3 is 2.76 bits per heavy atom. The molecule has 2 aromatic rings. The topological polar surface area (TPSA) is 106 Å². The first-order valence-corrected chi connectivity index (χ1v) is 11.9. The van der Waals surface area contributed by atoms with Crippen LogP contribution in [-0.2, 0) is 9.59 Å². The number of halogens is 1. The fraction of sp³-hybridized carbons (Fsp3) is 0.400. The summed E-state index contributed by atoms with van der Waals surface area (Å²) >= 11 is 6.11. The maximum Gasteiger partial charge on any atom is 0.255 e. The molecule has 3 amide bonds. The predicted molar refractivity (Wildman–Crippen MR) is 129 cm³/mol. The van der Waals surface area contributed by atoms with E-state index in [-0.39, 0.29) is 37.5 Å². The van der Waals surface area contributed by atoms with Gasteiger partial charge in [-0.15, -0.1) is 0 Å². The Morgan fingerprint density at radius 1 is 1.12 bits per heavy atom. The zero-order valence-electron chi connectivity index (χ0n) is 19.0. The third-order valence-corrected chi connectivity index (χ3v) is 5.52. The number of amides is 3. The Labute approximate surface area is 204 Å². The summed E-state index contributed by atoms with van der Waals surface area (Å²) in [5.74, 6) is 0.0552. The first kappa shape index (κ1) is 25.4. The molecule has 3 N–H and O–H groups in total. The average molecular weight is 488 g/mol. The van der Waals surface area contributed by atoms with Gasteiger partial charge in [0.25, 0.3) is 5.91 Å². The number of carbonyl (C=O) groups is 3. The Morgan fingerprint density at radius 2 is 1.94 bits per heavy atom. The molecule has 0 radical (unpaired) electrons. The van der Waals surface area contributed by atoms with E-state index < -0.39 is 17.9 Å². The van der Waals surface area contributed by atoms with Crippen molar-refractivity contribution in [3.63, 3.8) is 0 Å². The van der Waals surface area contributed by atoms with Crippen molar-refractivity contribution in [3.8, 4) is 11.5 Å². The number of carbonyl (C=O) groups excluding carboxylic acids is 3. The lowest BCUT2D eigenvalue weighted by atomic mass is 10.1. The van der Waals surface area contributed by atoms with Gasteiger partial charge >= 0.3 is 0 Å². The molecule has 8 nitrogen and oxygen atoms in total. The molecular weight excluding hydrogens is 458 g/mol. The highest BCUT2D eigenvalue weighted by molar-refractivity contribution is 6.31. The lowest BCUT2D eigenvalue weighted by Gasteiger charge is -2.19. The Balaban J connectivity index is 1.67. The summed E-state index contributed by atoms with van der Waals surface area (Å²) in [4.78, 5) is 38.1. The normalized spacial score (nSPS) is 17.6. The van der Waals surface area contributed by atoms with E-state index in [2.05, 4.69) is 16.0 Å². The van der Waals surface area contributed by atoms with Crippen molar-refractivity contribution in [3.05, 3.63) is 59.1 Å². The molecule has 1 atom stereocenters. The minimum absolute atomic E-state index is 0.109. The number of ether oxygens (including phenoxy) is 2. The fourth-order valence-corrected chi connectivity index (χ4v) is 3.64. The van der Waals surface area contributed by atoms with E-state index in [0.717, 1.165) is 19.3 Å². The molecule has 0 saturated heterocycles. The lowest BCUT2D eigenvalue weighted by Crippen LogP contribution is -2.48. The van der Waals surface area contributed by atoms with Crippen LogP contribution in [0.25, 0.3) is 0 Å². The third-order valence-electron chi connectivity index (χ3n) is 5.28. The molecule has 3 rings (SSSR count). The molecular formula is C25H30ClN3O5. The minimum Gasteiger partial charge on any atom is -0.493 e. The van der Waals surface area contributed by atoms with Gasteiger partial charge in [-0.2, -0.15) is 0 Å². The molecule has 0 spiro atoms. The van der Waals surface area contributed by atoms with Gasteiger partial charge in [-0.3, -0.25) is 14.4 Å². The molecule has 1 aliphatic rings. The number of fused-ring (bicyclic) bond motifs is 1. The van der Waals surface area contributed by atoms with Crippen molar-refractivity contribution < 1.29 is 23.9 Å². The standard InChI is InChI=1S/C25H30ClN3O5/c26-18-9-11-22-20(17-18)24(31)29-21(10-12-23(30)27-13-5-2-6-15-34-22)25(32)28-14-16-33-19-7-3-1-4-8-19/h1,3-4,7-9,11,17,21H,2,5-6,10,12-16H2,(H,27,30)(H,28,32)(H,29,31)/t21-/m0/s1. The molecule has 0 aliphatic carbocycles. The number of hydrogen-bond donors (Lipinski definition) is 3. The van der Waals surface area contributed by atoms with Crippen LogP contribution in [0.4, 0.5) is 0 Å². The molecule has 0 saturated carbocycles. The maximum absolute atomic E-state index is 13.1. The van der Waals surface area contributed by atoms with Crippen LogP contribution in [0.3, 0.4) is 0 Å². The summed E-state index contributed by atoms with van der Waals surface area (Å²) in [5.41, 5.74) is 0.247. The van der Waals surface area contributed by atoms with Crippen molar-refractivity contribution in [2.45, 2.75) is 38.1 Å². The van der Waals surface area contributed by atoms with Crippen LogP contribution in [0.15, 0.2) is 48.5 Å². The van der Waals surface area contributed by atoms with Gasteiger partial charge in [0.05, 0.1) is 18.7 Å². The van der Waals surface area contributed by atoms with Crippen LogP contribution in [0.2, 0.25) is 5.02 Å². The van der Waals surface area contributed by atoms with E-state index in [1.54, 1.807) is 12.1 Å². The average Bonchev–Trinajstić information content (AvgIpc) is 2.84. The first-order valence-electron chi connectivity index (χ1n) is 11.5. The molecule has 1 heterocycles. The van der Waals surface area contributed by atoms with E-state index >= 15 is 0 Å². The van der Waals surface area contributed by atoms with Gasteiger partial charge in [0.15, 0.2) is 0 Å². The second-order valence-corrected chi connectivity index (χ2v) is 8.35. The lowest BCUT2D eigenvalue weighted by molar-refractivity contribution is -0.124. The summed E-state index contributed by atoms with van der Waals surface area (Å²) < 4.78 is 11.4. The number of para-hydroxylation sites is 1. The van der Waals surface area contributed by atoms with Gasteiger partial charge in [-0.05, 0) is 56.0 Å². The number of nitrogens with one attached hydrogen (secondary N) is 3. The second kappa shape index (κ2) is 13.4. The van der Waals surface area contributed by atoms with Gasteiger partial charge < -0.3 is 25.4 Å². The Bertz CT molecular complexity index is 970. The smallest absolute Gasteiger partial charge is 0.255 e. The largest absolute Gasteiger partial charge is 0.493 e. The molecule has 9 heteroatoms. The van der Waals surface area contributed by atoms with E-state index in [0.29, 0.717) is 29.7 Å². The van der Waals surface area contributed by atoms with Crippen molar-refractivity contribution in [2.24, 2.45) is 0 Å². The van der Waals surface area contributed by atoms with E-state index in [1.807, 2.05) is 30.3 Å². The SMILES string of the molecule is O=C1CC[C@@H](C(=O)NCCOc2ccccc2)NC(=O)c2cc(Cl)ccc2OCCCCCN1. The quantitative estimate of drug-likeness (QED) is 0.562. The zero-order valence-corrected chi connectivity index (χ0v) is 19.7. The molecule has 2 aromatic carbocycles. The van der Waals surface area contributed by atoms with Gasteiger partial charge in [-0.25, -0.2) is 0 Å². The van der Waals surface area contributed by atoms with Crippen LogP contribution in [0, 0.1) is 0 Å². The van der Waals surface area contributed by atoms with Gasteiger partial charge in [0.2, 0.25) is 11.8 Å². The molecule has 0 fully saturated rings. The van der Waals surface area contributed by atoms with Crippen LogP contribution in [-0.4, -0.2) is 50.1 Å². The van der Waals surface area contributed by atoms with Gasteiger partial charge in [0.1, 0.15) is 24.1 Å². The van der Waals surface area contributed by atoms with Crippen LogP contribution < -0.4 is 25.4 Å². The van der Waals surface area contributed by atoms with E-state index in [9.17, 15) is 14.4 Å². The summed E-state index contributed by atoms with van der Waals surface area (Å²) in [6, 6.07) is 13.2. The van der Waals surface area contributed by atoms with Gasteiger partial charge in [0, 0.05) is 18.0 Å². The number of rotatable bonds is 5. The van der Waals surface area contributed by atoms with Gasteiger partial charge in [-0.1, -0.05) is 29.8 Å². The van der Waals surface area contributed by atoms with Crippen molar-refractivity contribution in [2.75, 3.05) is 26.3 Å². The second-order valence-electron chi connectivity index (χ2n) is 7.92. The van der Waals surface area contributed by atoms with Crippen molar-refractivity contribution in [1.29, 1.82) is 0 Å². The predicted octanol–water partition coefficient (Wildman–Crippen LogP) is 3.09. The Hall–Kier alpha value is -3.26. The van der Waals surface area contributed by atoms with Crippen LogP contribution in [0.1, 0.15) is 42.5 Å². The first-order chi connectivity index (χ1) is 16.5. The Kier molecular flexibility index (Phi) is 10.0. The van der Waals surface area contributed by atoms with Crippen LogP contribution in [0.5, 0.6) is 11.5 Å². The van der Waals surface area contributed by atoms with Crippen molar-refractivity contribution in [1.82, 2.24) is 16.0 Å². The highest BCUT2D eigenvalue weighted by Gasteiger charge is 2.24. The number of benzene rings is 2. The molecule has 0 bridgehead atoms. The van der Waals surface area contributed by atoms with Crippen LogP contribution >= 0.6 is 11.6 Å². The zero-order chi connectivity index (χ0) is 24.2. The van der Waals surface area contributed by atoms with Crippen molar-refractivity contribution >= 4 is 29.3 Å². The fourth-order valence-electron chi connectivity index (χ4n) is 3.47. The van der Waals surface area contributed by atoms with E-state index in [1.165, 1.54) is 6.07 Å². The molecule has 1 aliphatic heterocycles. The molecule has 0 aromatic heterocycles. The highest BCUT2D eigenvalue weighted by atomic mass is 35.5. The highest BCUT2D eigenvalue weighted by Crippen LogP contribution is 2.24. The summed E-state index contributed by atoms with van der Waals surface area (Å²) in [7, 11) is 0. The monoisotopic (exact) mass is 487 g/mol. The molecule has 182 valence electrons.